The van der Waals surface area contributed by atoms with Gasteiger partial charge >= 0.3 is 0 Å². The number of piperazine rings is 1. The number of furan rings is 1. The molecule has 0 saturated carbocycles. The number of hydrogen-bond acceptors (Lipinski definition) is 7. The number of carbonyl (C=O) groups excluding carboxylic acids is 2. The van der Waals surface area contributed by atoms with Crippen molar-refractivity contribution in [3.8, 4) is 11.5 Å². The van der Waals surface area contributed by atoms with E-state index in [-0.39, 0.29) is 17.6 Å². The highest BCUT2D eigenvalue weighted by Gasteiger charge is 2.25. The van der Waals surface area contributed by atoms with E-state index in [1.165, 1.54) is 17.6 Å². The Morgan fingerprint density at radius 1 is 1.09 bits per heavy atom. The maximum atomic E-state index is 13.1. The predicted molar refractivity (Wildman–Crippen MR) is 127 cm³/mol. The lowest BCUT2D eigenvalue weighted by atomic mass is 10.2. The molecule has 0 unspecified atom stereocenters. The molecular formula is C24H27N3O5S. The lowest BCUT2D eigenvalue weighted by Gasteiger charge is -2.34. The molecule has 3 heterocycles. The van der Waals surface area contributed by atoms with Crippen LogP contribution >= 0.6 is 11.3 Å². The summed E-state index contributed by atoms with van der Waals surface area (Å²) in [6, 6.07) is 12.6. The summed E-state index contributed by atoms with van der Waals surface area (Å²) in [5.41, 5.74) is 0.857. The first-order chi connectivity index (χ1) is 16.0. The molecule has 1 aliphatic rings. The predicted octanol–water partition coefficient (Wildman–Crippen LogP) is 3.75. The Labute approximate surface area is 196 Å². The summed E-state index contributed by atoms with van der Waals surface area (Å²) < 4.78 is 16.1. The minimum Gasteiger partial charge on any atom is -0.497 e. The van der Waals surface area contributed by atoms with Crippen molar-refractivity contribution < 1.29 is 23.5 Å². The molecule has 0 radical (unpaired) electrons. The largest absolute Gasteiger partial charge is 0.497 e. The van der Waals surface area contributed by atoms with Gasteiger partial charge in [0.15, 0.2) is 5.76 Å². The maximum absolute atomic E-state index is 13.1. The number of thiophene rings is 1. The Morgan fingerprint density at radius 2 is 1.82 bits per heavy atom. The first-order valence-electron chi connectivity index (χ1n) is 10.8. The van der Waals surface area contributed by atoms with Crippen molar-refractivity contribution in [3.05, 3.63) is 64.9 Å². The average molecular weight is 470 g/mol. The third kappa shape index (κ3) is 5.74. The smallest absolute Gasteiger partial charge is 0.291 e. The number of methoxy groups -OCH3 is 1. The molecule has 0 atom stereocenters. The number of nitrogens with zero attached hydrogens (tertiary/aromatic N) is 2. The van der Waals surface area contributed by atoms with Crippen LogP contribution in [-0.4, -0.2) is 68.1 Å². The van der Waals surface area contributed by atoms with Gasteiger partial charge in [-0.25, -0.2) is 0 Å². The van der Waals surface area contributed by atoms with Crippen molar-refractivity contribution in [1.29, 1.82) is 0 Å². The van der Waals surface area contributed by atoms with Crippen LogP contribution in [0.15, 0.2) is 53.1 Å². The molecule has 0 aliphatic carbocycles. The minimum atomic E-state index is -0.328. The average Bonchev–Trinajstić information content (AvgIpc) is 3.50. The van der Waals surface area contributed by atoms with Crippen LogP contribution in [-0.2, 0) is 0 Å². The van der Waals surface area contributed by atoms with Gasteiger partial charge in [0.2, 0.25) is 0 Å². The number of amides is 2. The van der Waals surface area contributed by atoms with E-state index in [9.17, 15) is 9.59 Å². The fraction of sp³-hybridized carbons (Fsp3) is 0.333. The fourth-order valence-electron chi connectivity index (χ4n) is 3.62. The van der Waals surface area contributed by atoms with E-state index in [0.717, 1.165) is 36.7 Å². The number of benzene rings is 1. The van der Waals surface area contributed by atoms with Gasteiger partial charge in [-0.05, 0) is 55.0 Å². The molecule has 1 saturated heterocycles. The van der Waals surface area contributed by atoms with Gasteiger partial charge in [0.1, 0.15) is 18.1 Å². The van der Waals surface area contributed by atoms with E-state index in [1.807, 2.05) is 42.2 Å². The van der Waals surface area contributed by atoms with Crippen LogP contribution in [0.2, 0.25) is 0 Å². The summed E-state index contributed by atoms with van der Waals surface area (Å²) >= 11 is 1.29. The fourth-order valence-corrected chi connectivity index (χ4v) is 4.66. The number of anilines is 1. The lowest BCUT2D eigenvalue weighted by molar-refractivity contribution is 0.0624. The zero-order valence-corrected chi connectivity index (χ0v) is 19.5. The third-order valence-electron chi connectivity index (χ3n) is 5.49. The number of hydrogen-bond donors (Lipinski definition) is 1. The van der Waals surface area contributed by atoms with Gasteiger partial charge in [-0.2, -0.15) is 0 Å². The molecule has 1 aromatic carbocycles. The van der Waals surface area contributed by atoms with Gasteiger partial charge in [0, 0.05) is 32.7 Å². The Morgan fingerprint density at radius 3 is 2.48 bits per heavy atom. The van der Waals surface area contributed by atoms with E-state index in [4.69, 9.17) is 13.9 Å². The molecular weight excluding hydrogens is 442 g/mol. The summed E-state index contributed by atoms with van der Waals surface area (Å²) in [5.74, 6) is 1.53. The Kier molecular flexibility index (Phi) is 7.31. The van der Waals surface area contributed by atoms with Crippen molar-refractivity contribution in [1.82, 2.24) is 9.80 Å². The van der Waals surface area contributed by atoms with Gasteiger partial charge in [-0.3, -0.25) is 14.5 Å². The summed E-state index contributed by atoms with van der Waals surface area (Å²) in [4.78, 5) is 30.1. The lowest BCUT2D eigenvalue weighted by Crippen LogP contribution is -2.49. The van der Waals surface area contributed by atoms with Crippen LogP contribution in [0.4, 0.5) is 5.00 Å². The second kappa shape index (κ2) is 10.5. The number of carbonyl (C=O) groups is 2. The van der Waals surface area contributed by atoms with E-state index in [2.05, 4.69) is 10.2 Å². The van der Waals surface area contributed by atoms with Gasteiger partial charge < -0.3 is 24.1 Å². The van der Waals surface area contributed by atoms with Gasteiger partial charge in [-0.15, -0.1) is 11.3 Å². The van der Waals surface area contributed by atoms with Gasteiger partial charge in [0.25, 0.3) is 11.8 Å². The second-order valence-corrected chi connectivity index (χ2v) is 8.76. The third-order valence-corrected chi connectivity index (χ3v) is 6.63. The first kappa shape index (κ1) is 22.9. The molecule has 8 nitrogen and oxygen atoms in total. The normalized spacial score (nSPS) is 14.2. The monoisotopic (exact) mass is 469 g/mol. The Hall–Kier alpha value is -3.30. The summed E-state index contributed by atoms with van der Waals surface area (Å²) in [6.45, 7) is 6.19. The van der Waals surface area contributed by atoms with Crippen LogP contribution in [0.3, 0.4) is 0 Å². The Bertz CT molecular complexity index is 1070. The summed E-state index contributed by atoms with van der Waals surface area (Å²) in [5, 5.41) is 3.43. The van der Waals surface area contributed by atoms with Crippen LogP contribution in [0.1, 0.15) is 25.8 Å². The SMILES string of the molecule is COc1ccc(OCCN2CCN(C(=O)c3sc(NC(=O)c4ccco4)cc3C)CC2)cc1. The van der Waals surface area contributed by atoms with Crippen LogP contribution in [0.5, 0.6) is 11.5 Å². The topological polar surface area (TPSA) is 84.3 Å². The molecule has 1 aliphatic heterocycles. The highest BCUT2D eigenvalue weighted by Crippen LogP contribution is 2.28. The zero-order valence-electron chi connectivity index (χ0n) is 18.7. The van der Waals surface area contributed by atoms with Crippen molar-refractivity contribution >= 4 is 28.2 Å². The molecule has 0 spiro atoms. The number of nitrogens with one attached hydrogen (secondary N) is 1. The van der Waals surface area contributed by atoms with Gasteiger partial charge in [0.05, 0.1) is 23.3 Å². The van der Waals surface area contributed by atoms with Crippen molar-refractivity contribution in [2.24, 2.45) is 0 Å². The molecule has 1 fully saturated rings. The standard InChI is InChI=1S/C24H27N3O5S/c1-17-16-21(25-23(28)20-4-3-14-32-20)33-22(17)24(29)27-11-9-26(10-12-27)13-15-31-19-7-5-18(30-2)6-8-19/h3-8,14,16H,9-13,15H2,1-2H3,(H,25,28). The minimum absolute atomic E-state index is 0.00475. The highest BCUT2D eigenvalue weighted by molar-refractivity contribution is 7.18. The maximum Gasteiger partial charge on any atom is 0.291 e. The van der Waals surface area contributed by atoms with E-state index < -0.39 is 0 Å². The van der Waals surface area contributed by atoms with E-state index in [0.29, 0.717) is 29.6 Å². The molecule has 1 N–H and O–H groups in total. The van der Waals surface area contributed by atoms with Crippen LogP contribution < -0.4 is 14.8 Å². The Balaban J connectivity index is 1.24. The van der Waals surface area contributed by atoms with Crippen LogP contribution in [0, 0.1) is 6.92 Å². The molecule has 2 amide bonds. The quantitative estimate of drug-likeness (QED) is 0.541. The second-order valence-electron chi connectivity index (χ2n) is 7.71. The molecule has 174 valence electrons. The number of aryl methyl sites for hydroxylation is 1. The van der Waals surface area contributed by atoms with E-state index in [1.54, 1.807) is 19.2 Å². The summed E-state index contributed by atoms with van der Waals surface area (Å²) in [7, 11) is 1.64. The molecule has 4 rings (SSSR count). The first-order valence-corrected chi connectivity index (χ1v) is 11.6. The number of ether oxygens (including phenoxy) is 2. The van der Waals surface area contributed by atoms with E-state index >= 15 is 0 Å². The van der Waals surface area contributed by atoms with Crippen molar-refractivity contribution in [3.63, 3.8) is 0 Å². The van der Waals surface area contributed by atoms with Crippen LogP contribution in [0.25, 0.3) is 0 Å². The number of rotatable bonds is 8. The molecule has 0 bridgehead atoms. The zero-order chi connectivity index (χ0) is 23.2. The molecule has 2 aromatic heterocycles. The molecule has 3 aromatic rings. The summed E-state index contributed by atoms with van der Waals surface area (Å²) in [6.07, 6.45) is 1.45. The van der Waals surface area contributed by atoms with Gasteiger partial charge in [-0.1, -0.05) is 0 Å². The molecule has 9 heteroatoms. The highest BCUT2D eigenvalue weighted by atomic mass is 32.1. The van der Waals surface area contributed by atoms with Crippen molar-refractivity contribution in [2.75, 3.05) is 51.8 Å². The molecule has 33 heavy (non-hydrogen) atoms. The van der Waals surface area contributed by atoms with Crippen molar-refractivity contribution in [2.45, 2.75) is 6.92 Å².